The van der Waals surface area contributed by atoms with Crippen LogP contribution in [0.25, 0.3) is 0 Å². The number of hydrogen-bond donors (Lipinski definition) is 3. The van der Waals surface area contributed by atoms with Gasteiger partial charge in [-0.3, -0.25) is 0 Å². The summed E-state index contributed by atoms with van der Waals surface area (Å²) in [5.41, 5.74) is 0. The maximum Gasteiger partial charge on any atom is 0.172 e. The van der Waals surface area contributed by atoms with Gasteiger partial charge in [0.05, 0.1) is 19.9 Å². The Kier molecular flexibility index (Phi) is 3.98. The predicted molar refractivity (Wildman–Crippen MR) is 51.6 cm³/mol. The zero-order valence-corrected chi connectivity index (χ0v) is 8.90. The van der Waals surface area contributed by atoms with Crippen molar-refractivity contribution in [1.29, 1.82) is 0 Å². The average molecular weight is 250 g/mol. The Hall–Kier alpha value is -0.690. The van der Waals surface area contributed by atoms with Gasteiger partial charge in [-0.05, 0) is 0 Å². The van der Waals surface area contributed by atoms with Gasteiger partial charge in [0, 0.05) is 0 Å². The summed E-state index contributed by atoms with van der Waals surface area (Å²) >= 11 is 0. The third kappa shape index (κ3) is 2.77. The fraction of sp³-hybridized carbons (Fsp3) is 0.857. The van der Waals surface area contributed by atoms with E-state index in [1.807, 2.05) is 0 Å². The molecule has 2 aliphatic rings. The molecule has 6 unspecified atom stereocenters. The highest BCUT2D eigenvalue weighted by Gasteiger charge is 2.51. The van der Waals surface area contributed by atoms with E-state index in [1.54, 1.807) is 0 Å². The standard InChI is InChI=1S/C7H14N4O6/c1-9-11(13)17-5-3-15-6-4(16-10(8)12)2-14-7(5)6/h4-7,10-11H,1-3,8H2. The molecule has 10 heteroatoms. The van der Waals surface area contributed by atoms with Crippen molar-refractivity contribution in [1.82, 2.24) is 0 Å². The summed E-state index contributed by atoms with van der Waals surface area (Å²) < 4.78 is 10.7. The van der Waals surface area contributed by atoms with E-state index < -0.39 is 35.1 Å². The molecule has 0 aromatic rings. The Morgan fingerprint density at radius 1 is 1.18 bits per heavy atom. The van der Waals surface area contributed by atoms with Gasteiger partial charge in [0.15, 0.2) is 12.2 Å². The van der Waals surface area contributed by atoms with Crippen molar-refractivity contribution in [2.24, 2.45) is 10.9 Å². The van der Waals surface area contributed by atoms with Crippen LogP contribution in [0.3, 0.4) is 0 Å². The SMILES string of the molecule is C=N[NH+]([O-])OC1COC2C(O[NH+](N)[O-])COC12. The molecule has 4 N–H and O–H groups in total. The molecule has 0 bridgehead atoms. The highest BCUT2D eigenvalue weighted by atomic mass is 16.9. The lowest BCUT2D eigenvalue weighted by molar-refractivity contribution is -1.07. The highest BCUT2D eigenvalue weighted by Crippen LogP contribution is 2.28. The molecule has 0 radical (unpaired) electrons. The molecule has 0 aromatic carbocycles. The van der Waals surface area contributed by atoms with Crippen LogP contribution in [0.15, 0.2) is 5.10 Å². The summed E-state index contributed by atoms with van der Waals surface area (Å²) in [7, 11) is 0. The average Bonchev–Trinajstić information content (AvgIpc) is 2.83. The molecule has 2 fully saturated rings. The molecule has 98 valence electrons. The topological polar surface area (TPSA) is 130 Å². The lowest BCUT2D eigenvalue weighted by atomic mass is 10.1. The Morgan fingerprint density at radius 2 is 1.71 bits per heavy atom. The maximum atomic E-state index is 10.9. The predicted octanol–water partition coefficient (Wildman–Crippen LogP) is -4.36. The summed E-state index contributed by atoms with van der Waals surface area (Å²) in [5, 5.41) is 23.0. The summed E-state index contributed by atoms with van der Waals surface area (Å²) in [6.45, 7) is 3.37. The van der Waals surface area contributed by atoms with E-state index in [0.717, 1.165) is 0 Å². The summed E-state index contributed by atoms with van der Waals surface area (Å²) in [5.74, 6) is 4.91. The molecule has 2 rings (SSSR count). The molecule has 0 spiro atoms. The first-order valence-corrected chi connectivity index (χ1v) is 4.98. The quantitative estimate of drug-likeness (QED) is 0.255. The van der Waals surface area contributed by atoms with Gasteiger partial charge in [-0.15, -0.1) is 11.2 Å². The number of ether oxygens (including phenoxy) is 2. The van der Waals surface area contributed by atoms with E-state index >= 15 is 0 Å². The minimum Gasteiger partial charge on any atom is -0.580 e. The molecule has 0 aliphatic carbocycles. The molecular weight excluding hydrogens is 236 g/mol. The van der Waals surface area contributed by atoms with Gasteiger partial charge < -0.3 is 19.9 Å². The number of nitrogens with zero attached hydrogens (tertiary/aromatic N) is 1. The zero-order chi connectivity index (χ0) is 12.4. The molecular formula is C7H14N4O6. The second-order valence-electron chi connectivity index (χ2n) is 3.65. The van der Waals surface area contributed by atoms with Crippen LogP contribution in [0, 0.1) is 10.4 Å². The molecule has 0 aromatic heterocycles. The fourth-order valence-corrected chi connectivity index (χ4v) is 1.95. The Balaban J connectivity index is 1.90. The number of nitrogens with two attached hydrogens (primary N) is 1. The van der Waals surface area contributed by atoms with Gasteiger partial charge in [-0.1, -0.05) is 10.4 Å². The summed E-state index contributed by atoms with van der Waals surface area (Å²) in [6.07, 6.45) is -2.08. The van der Waals surface area contributed by atoms with Crippen LogP contribution in [0.2, 0.25) is 0 Å². The van der Waals surface area contributed by atoms with E-state index in [1.165, 1.54) is 0 Å². The third-order valence-corrected chi connectivity index (χ3v) is 2.61. The maximum absolute atomic E-state index is 10.9. The first kappa shape index (κ1) is 12.8. The van der Waals surface area contributed by atoms with E-state index in [0.29, 0.717) is 0 Å². The van der Waals surface area contributed by atoms with Crippen LogP contribution in [0.1, 0.15) is 0 Å². The van der Waals surface area contributed by atoms with E-state index in [9.17, 15) is 10.4 Å². The second-order valence-corrected chi connectivity index (χ2v) is 3.65. The van der Waals surface area contributed by atoms with E-state index in [2.05, 4.69) is 11.8 Å². The van der Waals surface area contributed by atoms with Gasteiger partial charge in [0.2, 0.25) is 0 Å². The normalized spacial score (nSPS) is 39.9. The van der Waals surface area contributed by atoms with Crippen LogP contribution < -0.4 is 16.5 Å². The van der Waals surface area contributed by atoms with Crippen molar-refractivity contribution in [3.8, 4) is 0 Å². The summed E-state index contributed by atoms with van der Waals surface area (Å²) in [4.78, 5) is 9.76. The number of nitrogens with one attached hydrogen (secondary N) is 2. The highest BCUT2D eigenvalue weighted by molar-refractivity contribution is 5.20. The van der Waals surface area contributed by atoms with Gasteiger partial charge in [0.1, 0.15) is 12.2 Å². The Labute approximate surface area is 96.5 Å². The van der Waals surface area contributed by atoms with Gasteiger partial charge in [-0.25, -0.2) is 0 Å². The van der Waals surface area contributed by atoms with Crippen molar-refractivity contribution in [2.45, 2.75) is 24.4 Å². The fourth-order valence-electron chi connectivity index (χ4n) is 1.95. The first-order valence-electron chi connectivity index (χ1n) is 4.98. The zero-order valence-electron chi connectivity index (χ0n) is 8.90. The van der Waals surface area contributed by atoms with Crippen molar-refractivity contribution in [2.75, 3.05) is 13.2 Å². The molecule has 2 aliphatic heterocycles. The van der Waals surface area contributed by atoms with Crippen LogP contribution in [-0.4, -0.2) is 44.3 Å². The van der Waals surface area contributed by atoms with Crippen molar-refractivity contribution in [3.63, 3.8) is 0 Å². The number of fused-ring (bicyclic) bond motifs is 1. The minimum absolute atomic E-state index is 0.161. The monoisotopic (exact) mass is 250 g/mol. The molecule has 0 amide bonds. The van der Waals surface area contributed by atoms with Crippen molar-refractivity contribution >= 4 is 6.72 Å². The lowest BCUT2D eigenvalue weighted by Gasteiger charge is -2.20. The lowest BCUT2D eigenvalue weighted by Crippen LogP contribution is -3.13. The minimum atomic E-state index is -0.893. The van der Waals surface area contributed by atoms with E-state index in [-0.39, 0.29) is 13.2 Å². The second kappa shape index (κ2) is 5.30. The summed E-state index contributed by atoms with van der Waals surface area (Å²) in [6, 6.07) is 0. The smallest absolute Gasteiger partial charge is 0.172 e. The van der Waals surface area contributed by atoms with Gasteiger partial charge in [-0.2, -0.15) is 9.68 Å². The Morgan fingerprint density at radius 3 is 2.18 bits per heavy atom. The van der Waals surface area contributed by atoms with Gasteiger partial charge >= 0.3 is 0 Å². The third-order valence-electron chi connectivity index (χ3n) is 2.61. The van der Waals surface area contributed by atoms with Crippen LogP contribution in [0.5, 0.6) is 0 Å². The molecule has 17 heavy (non-hydrogen) atoms. The molecule has 0 saturated carbocycles. The molecule has 2 saturated heterocycles. The van der Waals surface area contributed by atoms with Crippen LogP contribution in [-0.2, 0) is 19.1 Å². The first-order chi connectivity index (χ1) is 8.11. The number of quaternary nitrogens is 2. The van der Waals surface area contributed by atoms with Crippen LogP contribution in [0.4, 0.5) is 0 Å². The largest absolute Gasteiger partial charge is 0.580 e. The van der Waals surface area contributed by atoms with Crippen molar-refractivity contribution in [3.05, 3.63) is 10.4 Å². The van der Waals surface area contributed by atoms with Gasteiger partial charge in [0.25, 0.3) is 0 Å². The number of rotatable bonds is 5. The van der Waals surface area contributed by atoms with Crippen molar-refractivity contribution < 1.29 is 29.8 Å². The van der Waals surface area contributed by atoms with E-state index in [4.69, 9.17) is 25.0 Å². The van der Waals surface area contributed by atoms with Crippen LogP contribution >= 0.6 is 0 Å². The molecule has 2 heterocycles. The number of hydrogen-bond acceptors (Lipinski definition) is 8. The Bertz CT molecular complexity index is 279. The molecule has 6 atom stereocenters. The molecule has 10 nitrogen and oxygen atoms in total.